The van der Waals surface area contributed by atoms with Gasteiger partial charge in [-0.15, -0.1) is 0 Å². The molecule has 0 unspecified atom stereocenters. The quantitative estimate of drug-likeness (QED) is 0.522. The first-order valence-electron chi connectivity index (χ1n) is 6.93. The van der Waals surface area contributed by atoms with Gasteiger partial charge in [-0.25, -0.2) is 13.6 Å². The van der Waals surface area contributed by atoms with E-state index >= 15 is 0 Å². The lowest BCUT2D eigenvalue weighted by atomic mass is 10.2. The van der Waals surface area contributed by atoms with E-state index in [0.29, 0.717) is 19.0 Å². The Labute approximate surface area is 135 Å². The zero-order valence-electron chi connectivity index (χ0n) is 13.0. The van der Waals surface area contributed by atoms with Crippen molar-refractivity contribution in [2.24, 2.45) is 17.2 Å². The second kappa shape index (κ2) is 7.25. The molecule has 1 aromatic carbocycles. The van der Waals surface area contributed by atoms with E-state index in [-0.39, 0.29) is 4.90 Å². The molecule has 0 atom stereocenters. The van der Waals surface area contributed by atoms with E-state index in [1.54, 1.807) is 24.0 Å². The molecule has 8 nitrogen and oxygen atoms in total. The van der Waals surface area contributed by atoms with Crippen molar-refractivity contribution in [1.82, 2.24) is 20.4 Å². The molecule has 124 valence electrons. The Bertz CT molecular complexity index is 797. The van der Waals surface area contributed by atoms with Gasteiger partial charge in [-0.3, -0.25) is 9.67 Å². The van der Waals surface area contributed by atoms with E-state index < -0.39 is 10.0 Å². The van der Waals surface area contributed by atoms with Gasteiger partial charge in [0.05, 0.1) is 17.1 Å². The van der Waals surface area contributed by atoms with Crippen LogP contribution >= 0.6 is 0 Å². The number of hydrogen-bond donors (Lipinski definition) is 3. The first-order chi connectivity index (χ1) is 10.9. The lowest BCUT2D eigenvalue weighted by Crippen LogP contribution is -2.36. The lowest BCUT2D eigenvalue weighted by Gasteiger charge is -2.12. The van der Waals surface area contributed by atoms with Crippen LogP contribution in [0.25, 0.3) is 0 Å². The van der Waals surface area contributed by atoms with E-state index in [9.17, 15) is 8.42 Å². The number of nitrogens with one attached hydrogen (secondary N) is 2. The van der Waals surface area contributed by atoms with Crippen LogP contribution in [-0.4, -0.2) is 31.2 Å². The Hall–Kier alpha value is -2.39. The normalized spacial score (nSPS) is 12.2. The molecule has 0 aliphatic heterocycles. The summed E-state index contributed by atoms with van der Waals surface area (Å²) in [5.74, 6) is 0.604. The van der Waals surface area contributed by atoms with E-state index in [4.69, 9.17) is 5.14 Å². The molecule has 0 saturated carbocycles. The molecule has 23 heavy (non-hydrogen) atoms. The minimum absolute atomic E-state index is 0.0923. The summed E-state index contributed by atoms with van der Waals surface area (Å²) in [6.07, 6.45) is 1.73. The van der Waals surface area contributed by atoms with Crippen LogP contribution < -0.4 is 15.8 Å². The third kappa shape index (κ3) is 4.80. The molecule has 4 N–H and O–H groups in total. The van der Waals surface area contributed by atoms with Gasteiger partial charge in [0.1, 0.15) is 0 Å². The third-order valence-corrected chi connectivity index (χ3v) is 4.18. The molecule has 2 aromatic rings. The number of benzene rings is 1. The summed E-state index contributed by atoms with van der Waals surface area (Å²) in [5, 5.41) is 15.5. The van der Waals surface area contributed by atoms with Crippen molar-refractivity contribution in [3.63, 3.8) is 0 Å². The van der Waals surface area contributed by atoms with Gasteiger partial charge in [0, 0.05) is 26.8 Å². The standard InChI is InChI=1S/C14H20N6O2S/c1-16-14(18-10-12-6-7-19-20(12)2)17-9-11-4-3-5-13(8-11)23(15,21)22/h3-8H,9-10H2,1-2H3,(H2,15,21,22)(H2,16,17,18). The Balaban J connectivity index is 1.95. The van der Waals surface area contributed by atoms with E-state index in [2.05, 4.69) is 20.7 Å². The number of primary sulfonamides is 1. The molecule has 0 fully saturated rings. The molecule has 0 amide bonds. The molecule has 0 spiro atoms. The molecule has 1 heterocycles. The van der Waals surface area contributed by atoms with Gasteiger partial charge in [-0.2, -0.15) is 5.10 Å². The van der Waals surface area contributed by atoms with Crippen molar-refractivity contribution in [3.05, 3.63) is 47.8 Å². The Morgan fingerprint density at radius 2 is 2.04 bits per heavy atom. The second-order valence-corrected chi connectivity index (χ2v) is 6.48. The van der Waals surface area contributed by atoms with Crippen molar-refractivity contribution >= 4 is 16.0 Å². The molecular weight excluding hydrogens is 316 g/mol. The zero-order valence-corrected chi connectivity index (χ0v) is 13.8. The number of nitrogens with zero attached hydrogens (tertiary/aromatic N) is 3. The second-order valence-electron chi connectivity index (χ2n) is 4.92. The SMILES string of the molecule is CN=C(NCc1cccc(S(N)(=O)=O)c1)NCc1ccnn1C. The third-order valence-electron chi connectivity index (χ3n) is 3.27. The van der Waals surface area contributed by atoms with Crippen molar-refractivity contribution in [3.8, 4) is 0 Å². The van der Waals surface area contributed by atoms with Crippen molar-refractivity contribution in [2.75, 3.05) is 7.05 Å². The van der Waals surface area contributed by atoms with E-state index in [1.807, 2.05) is 19.2 Å². The summed E-state index contributed by atoms with van der Waals surface area (Å²) in [6, 6.07) is 8.39. The van der Waals surface area contributed by atoms with Gasteiger partial charge < -0.3 is 10.6 Å². The molecule has 1 aromatic heterocycles. The maximum atomic E-state index is 11.4. The van der Waals surface area contributed by atoms with E-state index in [1.165, 1.54) is 12.1 Å². The first kappa shape index (κ1) is 17.0. The highest BCUT2D eigenvalue weighted by atomic mass is 32.2. The van der Waals surface area contributed by atoms with Gasteiger partial charge >= 0.3 is 0 Å². The largest absolute Gasteiger partial charge is 0.352 e. The molecule has 0 saturated heterocycles. The van der Waals surface area contributed by atoms with Crippen LogP contribution in [0.1, 0.15) is 11.3 Å². The number of nitrogens with two attached hydrogens (primary N) is 1. The number of guanidine groups is 1. The predicted molar refractivity (Wildman–Crippen MR) is 88.1 cm³/mol. The van der Waals surface area contributed by atoms with Crippen molar-refractivity contribution in [2.45, 2.75) is 18.0 Å². The molecule has 0 aliphatic carbocycles. The van der Waals surface area contributed by atoms with Gasteiger partial charge in [-0.05, 0) is 23.8 Å². The predicted octanol–water partition coefficient (Wildman–Crippen LogP) is -0.0673. The highest BCUT2D eigenvalue weighted by Gasteiger charge is 2.08. The zero-order chi connectivity index (χ0) is 16.9. The fraction of sp³-hybridized carbons (Fsp3) is 0.286. The van der Waals surface area contributed by atoms with Crippen LogP contribution in [0.4, 0.5) is 0 Å². The monoisotopic (exact) mass is 336 g/mol. The van der Waals surface area contributed by atoms with Crippen LogP contribution in [0.5, 0.6) is 0 Å². The average molecular weight is 336 g/mol. The van der Waals surface area contributed by atoms with Gasteiger partial charge in [0.25, 0.3) is 0 Å². The van der Waals surface area contributed by atoms with Crippen molar-refractivity contribution < 1.29 is 8.42 Å². The maximum Gasteiger partial charge on any atom is 0.238 e. The molecule has 9 heteroatoms. The summed E-state index contributed by atoms with van der Waals surface area (Å²) < 4.78 is 24.5. The highest BCUT2D eigenvalue weighted by Crippen LogP contribution is 2.09. The molecule has 0 radical (unpaired) electrons. The topological polar surface area (TPSA) is 114 Å². The maximum absolute atomic E-state index is 11.4. The number of rotatable bonds is 5. The molecular formula is C14H20N6O2S. The molecule has 2 rings (SSSR count). The van der Waals surface area contributed by atoms with Gasteiger partial charge in [0.15, 0.2) is 5.96 Å². The van der Waals surface area contributed by atoms with Crippen molar-refractivity contribution in [1.29, 1.82) is 0 Å². The van der Waals surface area contributed by atoms with Crippen LogP contribution in [0, 0.1) is 0 Å². The summed E-state index contributed by atoms with van der Waals surface area (Å²) in [4.78, 5) is 4.22. The average Bonchev–Trinajstić information content (AvgIpc) is 2.92. The molecule has 0 aliphatic rings. The number of aliphatic imine (C=N–C) groups is 1. The minimum atomic E-state index is -3.70. The summed E-state index contributed by atoms with van der Waals surface area (Å²) in [5.41, 5.74) is 1.81. The number of hydrogen-bond acceptors (Lipinski definition) is 4. The van der Waals surface area contributed by atoms with Gasteiger partial charge in [0.2, 0.25) is 10.0 Å². The Kier molecular flexibility index (Phi) is 5.35. The van der Waals surface area contributed by atoms with E-state index in [0.717, 1.165) is 11.3 Å². The van der Waals surface area contributed by atoms with Crippen LogP contribution in [0.2, 0.25) is 0 Å². The summed E-state index contributed by atoms with van der Waals surface area (Å²) in [7, 11) is -0.164. The lowest BCUT2D eigenvalue weighted by molar-refractivity contribution is 0.597. The highest BCUT2D eigenvalue weighted by molar-refractivity contribution is 7.89. The smallest absolute Gasteiger partial charge is 0.238 e. The fourth-order valence-corrected chi connectivity index (χ4v) is 2.57. The van der Waals surface area contributed by atoms with Crippen LogP contribution in [0.3, 0.4) is 0 Å². The summed E-state index contributed by atoms with van der Waals surface area (Å²) in [6.45, 7) is 1.00. The minimum Gasteiger partial charge on any atom is -0.352 e. The molecule has 0 bridgehead atoms. The van der Waals surface area contributed by atoms with Crippen LogP contribution in [-0.2, 0) is 30.2 Å². The van der Waals surface area contributed by atoms with Crippen LogP contribution in [0.15, 0.2) is 46.4 Å². The van der Waals surface area contributed by atoms with Gasteiger partial charge in [-0.1, -0.05) is 12.1 Å². The fourth-order valence-electron chi connectivity index (χ4n) is 1.99. The number of aromatic nitrogens is 2. The Morgan fingerprint density at radius 1 is 1.30 bits per heavy atom. The number of aryl methyl sites for hydroxylation is 1. The number of sulfonamides is 1. The Morgan fingerprint density at radius 3 is 2.65 bits per heavy atom. The first-order valence-corrected chi connectivity index (χ1v) is 8.48. The summed E-state index contributed by atoms with van der Waals surface area (Å²) >= 11 is 0.